The van der Waals surface area contributed by atoms with E-state index in [1.807, 2.05) is 0 Å². The van der Waals surface area contributed by atoms with Gasteiger partial charge < -0.3 is 10.2 Å². The lowest BCUT2D eigenvalue weighted by molar-refractivity contribution is -0.137. The van der Waals surface area contributed by atoms with E-state index in [4.69, 9.17) is 5.53 Å². The standard InChI is InChI=1S/C27H24BrFN10O3.CH4/c1-15(40)25-19-8-17(18-10-31-16(2)32-11-18)6-7-20(19)39(36-25)12-24(41)38-14-27(29,13-33-37-30)9-21(38)26(42)35-23-5-3-4-22(28)34-23;/h3-8,10-11,21H,9,12-14H2,1-2H3,(H,34,35,42);1H4/t21-,27-;/m0./s1. The van der Waals surface area contributed by atoms with Crippen molar-refractivity contribution in [3.63, 3.8) is 0 Å². The van der Waals surface area contributed by atoms with Crippen LogP contribution in [0.5, 0.6) is 0 Å². The van der Waals surface area contributed by atoms with Crippen LogP contribution in [0.2, 0.25) is 0 Å². The Hall–Kier alpha value is -4.75. The molecule has 0 spiro atoms. The molecule has 0 aliphatic carbocycles. The molecule has 3 aromatic heterocycles. The number of amides is 2. The number of carbonyl (C=O) groups is 3. The summed E-state index contributed by atoms with van der Waals surface area (Å²) in [6, 6.07) is 8.99. The Morgan fingerprint density at radius 1 is 1.21 bits per heavy atom. The zero-order valence-corrected chi connectivity index (χ0v) is 24.1. The van der Waals surface area contributed by atoms with Gasteiger partial charge in [-0.25, -0.2) is 19.3 Å². The van der Waals surface area contributed by atoms with Crippen LogP contribution in [0.3, 0.4) is 0 Å². The molecule has 43 heavy (non-hydrogen) atoms. The van der Waals surface area contributed by atoms with Gasteiger partial charge in [0.1, 0.15) is 40.2 Å². The van der Waals surface area contributed by atoms with Crippen molar-refractivity contribution in [2.45, 2.75) is 46.0 Å². The van der Waals surface area contributed by atoms with Crippen LogP contribution in [0.4, 0.5) is 10.2 Å². The molecule has 1 saturated heterocycles. The van der Waals surface area contributed by atoms with Crippen LogP contribution in [-0.4, -0.2) is 72.0 Å². The Bertz CT molecular complexity index is 1760. The summed E-state index contributed by atoms with van der Waals surface area (Å²) in [6.45, 7) is 1.77. The summed E-state index contributed by atoms with van der Waals surface area (Å²) in [4.78, 5) is 55.7. The maximum atomic E-state index is 15.7. The Morgan fingerprint density at radius 3 is 2.63 bits per heavy atom. The van der Waals surface area contributed by atoms with Gasteiger partial charge in [0.15, 0.2) is 5.78 Å². The fourth-order valence-electron chi connectivity index (χ4n) is 4.89. The smallest absolute Gasteiger partial charge is 0.248 e. The van der Waals surface area contributed by atoms with Crippen LogP contribution in [-0.2, 0) is 16.1 Å². The summed E-state index contributed by atoms with van der Waals surface area (Å²) in [6.07, 6.45) is 2.97. The van der Waals surface area contributed by atoms with Crippen molar-refractivity contribution >= 4 is 50.2 Å². The number of carbonyl (C=O) groups excluding carboxylic acids is 3. The number of hydrogen-bond donors (Lipinski definition) is 1. The third kappa shape index (κ3) is 6.68. The fourth-order valence-corrected chi connectivity index (χ4v) is 5.24. The largest absolute Gasteiger partial charge is 0.326 e. The van der Waals surface area contributed by atoms with E-state index in [2.05, 4.69) is 51.3 Å². The van der Waals surface area contributed by atoms with Crippen molar-refractivity contribution < 1.29 is 18.8 Å². The van der Waals surface area contributed by atoms with Crippen LogP contribution in [0.1, 0.15) is 37.1 Å². The first-order valence-electron chi connectivity index (χ1n) is 12.8. The number of fused-ring (bicyclic) bond motifs is 1. The second-order valence-corrected chi connectivity index (χ2v) is 10.7. The summed E-state index contributed by atoms with van der Waals surface area (Å²) >= 11 is 3.23. The molecule has 2 atom stereocenters. The number of rotatable bonds is 8. The topological polar surface area (TPSA) is 172 Å². The van der Waals surface area contributed by atoms with E-state index in [-0.39, 0.29) is 37.7 Å². The highest BCUT2D eigenvalue weighted by Crippen LogP contribution is 2.33. The first kappa shape index (κ1) is 31.2. The molecule has 2 amide bonds. The number of pyridine rings is 1. The lowest BCUT2D eigenvalue weighted by Gasteiger charge is -2.24. The molecule has 0 saturated carbocycles. The quantitative estimate of drug-likeness (QED) is 0.0912. The van der Waals surface area contributed by atoms with E-state index in [1.54, 1.807) is 55.7 Å². The molecule has 13 nitrogen and oxygen atoms in total. The third-order valence-electron chi connectivity index (χ3n) is 6.88. The highest BCUT2D eigenvalue weighted by atomic mass is 79.9. The molecule has 1 aliphatic rings. The number of ketones is 1. The molecule has 1 fully saturated rings. The summed E-state index contributed by atoms with van der Waals surface area (Å²) in [5.41, 5.74) is 8.78. The summed E-state index contributed by atoms with van der Waals surface area (Å²) in [7, 11) is 0. The van der Waals surface area contributed by atoms with Crippen molar-refractivity contribution in [2.75, 3.05) is 18.4 Å². The van der Waals surface area contributed by atoms with E-state index in [0.29, 0.717) is 21.3 Å². The van der Waals surface area contributed by atoms with Gasteiger partial charge in [0.25, 0.3) is 0 Å². The summed E-state index contributed by atoms with van der Waals surface area (Å²) in [5.74, 6) is -0.718. The van der Waals surface area contributed by atoms with Crippen LogP contribution in [0, 0.1) is 6.92 Å². The van der Waals surface area contributed by atoms with Crippen molar-refractivity contribution in [3.05, 3.63) is 75.4 Å². The van der Waals surface area contributed by atoms with Gasteiger partial charge in [-0.05, 0) is 58.2 Å². The number of nitrogens with zero attached hydrogens (tertiary/aromatic N) is 9. The number of azide groups is 1. The maximum absolute atomic E-state index is 15.7. The second-order valence-electron chi connectivity index (χ2n) is 9.93. The lowest BCUT2D eigenvalue weighted by atomic mass is 10.0. The Morgan fingerprint density at radius 2 is 1.95 bits per heavy atom. The summed E-state index contributed by atoms with van der Waals surface area (Å²) in [5, 5.41) is 10.9. The number of benzene rings is 1. The van der Waals surface area contributed by atoms with Crippen LogP contribution >= 0.6 is 15.9 Å². The molecule has 4 aromatic rings. The van der Waals surface area contributed by atoms with Crippen LogP contribution in [0.25, 0.3) is 32.5 Å². The number of aryl methyl sites for hydroxylation is 1. The number of hydrogen-bond acceptors (Lipinski definition) is 8. The molecule has 0 bridgehead atoms. The average Bonchev–Trinajstić information content (AvgIpc) is 3.50. The van der Waals surface area contributed by atoms with Crippen molar-refractivity contribution in [3.8, 4) is 11.1 Å². The van der Waals surface area contributed by atoms with Crippen molar-refractivity contribution in [2.24, 2.45) is 5.11 Å². The molecule has 0 unspecified atom stereocenters. The first-order chi connectivity index (χ1) is 20.1. The molecule has 15 heteroatoms. The van der Waals surface area contributed by atoms with Gasteiger partial charge >= 0.3 is 0 Å². The van der Waals surface area contributed by atoms with Gasteiger partial charge in [-0.2, -0.15) is 5.10 Å². The van der Waals surface area contributed by atoms with Gasteiger partial charge in [-0.15, -0.1) is 0 Å². The van der Waals surface area contributed by atoms with Crippen LogP contribution in [0.15, 0.2) is 58.5 Å². The minimum absolute atomic E-state index is 0. The molecule has 1 aromatic carbocycles. The molecule has 5 rings (SSSR count). The van der Waals surface area contributed by atoms with E-state index in [0.717, 1.165) is 16.0 Å². The van der Waals surface area contributed by atoms with Gasteiger partial charge in [0.05, 0.1) is 18.6 Å². The summed E-state index contributed by atoms with van der Waals surface area (Å²) < 4.78 is 17.6. The predicted octanol–water partition coefficient (Wildman–Crippen LogP) is 5.06. The Labute approximate surface area is 254 Å². The van der Waals surface area contributed by atoms with Gasteiger partial charge in [-0.3, -0.25) is 19.1 Å². The maximum Gasteiger partial charge on any atom is 0.248 e. The van der Waals surface area contributed by atoms with Gasteiger partial charge in [0, 0.05) is 41.6 Å². The Kier molecular flexibility index (Phi) is 9.16. The van der Waals surface area contributed by atoms with E-state index in [1.165, 1.54) is 11.6 Å². The number of Topliss-reactive ketones (excluding diaryl/α,β-unsaturated/α-hetero) is 1. The highest BCUT2D eigenvalue weighted by molar-refractivity contribution is 9.10. The minimum atomic E-state index is -2.11. The van der Waals surface area contributed by atoms with E-state index < -0.39 is 36.6 Å². The molecule has 1 N–H and O–H groups in total. The van der Waals surface area contributed by atoms with Crippen molar-refractivity contribution in [1.29, 1.82) is 0 Å². The number of likely N-dealkylation sites (tertiary alicyclic amines) is 1. The molecular formula is C28H28BrFN10O3. The van der Waals surface area contributed by atoms with Crippen molar-refractivity contribution in [1.82, 2.24) is 29.6 Å². The number of halogens is 2. The molecule has 0 radical (unpaired) electrons. The van der Waals surface area contributed by atoms with E-state index >= 15 is 4.39 Å². The lowest BCUT2D eigenvalue weighted by Crippen LogP contribution is -2.45. The highest BCUT2D eigenvalue weighted by Gasteiger charge is 2.49. The molecule has 1 aliphatic heterocycles. The first-order valence-corrected chi connectivity index (χ1v) is 13.6. The Balaban J connectivity index is 0.00000423. The number of aromatic nitrogens is 5. The van der Waals surface area contributed by atoms with Gasteiger partial charge in [-0.1, -0.05) is 24.7 Å². The molecule has 222 valence electrons. The average molecular weight is 652 g/mol. The fraction of sp³-hybridized carbons (Fsp3) is 0.321. The number of alkyl halides is 1. The predicted molar refractivity (Wildman–Crippen MR) is 161 cm³/mol. The monoisotopic (exact) mass is 650 g/mol. The minimum Gasteiger partial charge on any atom is -0.326 e. The molecular weight excluding hydrogens is 623 g/mol. The SMILES string of the molecule is C.CC(=O)c1nn(CC(=O)N2C[C@@](F)(CN=[N+]=[N-])C[C@H]2C(=O)Nc2cccc(Br)n2)c2ccc(-c3cnc(C)nc3)cc12. The number of anilines is 1. The normalized spacial score (nSPS) is 17.7. The zero-order chi connectivity index (χ0) is 30.0. The second kappa shape index (κ2) is 12.6. The zero-order valence-electron chi connectivity index (χ0n) is 22.5. The molecule has 4 heterocycles. The van der Waals surface area contributed by atoms with E-state index in [9.17, 15) is 14.4 Å². The number of nitrogens with one attached hydrogen (secondary N) is 1. The van der Waals surface area contributed by atoms with Gasteiger partial charge in [0.2, 0.25) is 11.8 Å². The third-order valence-corrected chi connectivity index (χ3v) is 7.32. The van der Waals surface area contributed by atoms with Crippen LogP contribution < -0.4 is 5.32 Å².